The largest absolute Gasteiger partial charge is 0.510 e. The van der Waals surface area contributed by atoms with Crippen LogP contribution >= 0.6 is 23.2 Å². The van der Waals surface area contributed by atoms with E-state index < -0.39 is 17.1 Å². The molecular formula is C14H26Cl2O7. The minimum atomic E-state index is -0.725. The van der Waals surface area contributed by atoms with Crippen LogP contribution in [0.15, 0.2) is 0 Å². The maximum Gasteiger partial charge on any atom is 0.510 e. The molecule has 0 radical (unpaired) electrons. The van der Waals surface area contributed by atoms with Crippen LogP contribution in [-0.2, 0) is 28.5 Å². The van der Waals surface area contributed by atoms with Crippen molar-refractivity contribution in [1.82, 2.24) is 0 Å². The zero-order valence-electron chi connectivity index (χ0n) is 14.4. The van der Waals surface area contributed by atoms with Gasteiger partial charge in [-0.15, -0.1) is 0 Å². The molecule has 23 heavy (non-hydrogen) atoms. The number of esters is 1. The Kier molecular flexibility index (Phi) is 14.5. The molecule has 0 N–H and O–H groups in total. The summed E-state index contributed by atoms with van der Waals surface area (Å²) >= 11 is 10.6. The van der Waals surface area contributed by atoms with Gasteiger partial charge in [-0.1, -0.05) is 23.2 Å². The molecule has 0 aromatic rings. The van der Waals surface area contributed by atoms with Gasteiger partial charge in [-0.25, -0.2) is 4.79 Å². The average Bonchev–Trinajstić information content (AvgIpc) is 2.37. The van der Waals surface area contributed by atoms with E-state index in [-0.39, 0.29) is 31.5 Å². The van der Waals surface area contributed by atoms with Crippen molar-refractivity contribution in [3.63, 3.8) is 0 Å². The summed E-state index contributed by atoms with van der Waals surface area (Å²) in [4.78, 5) is 21.8. The number of ether oxygens (including phenoxy) is 5. The third-order valence-electron chi connectivity index (χ3n) is 1.99. The molecule has 1 atom stereocenters. The van der Waals surface area contributed by atoms with E-state index in [1.54, 1.807) is 34.6 Å². The van der Waals surface area contributed by atoms with Crippen LogP contribution < -0.4 is 0 Å². The van der Waals surface area contributed by atoms with Gasteiger partial charge in [0.05, 0.1) is 18.1 Å². The topological polar surface area (TPSA) is 80.3 Å². The van der Waals surface area contributed by atoms with Crippen LogP contribution in [0, 0.1) is 5.41 Å². The molecule has 0 rings (SSSR count). The minimum Gasteiger partial charge on any atom is -0.449 e. The maximum atomic E-state index is 11.2. The Morgan fingerprint density at radius 1 is 1.13 bits per heavy atom. The fourth-order valence-electron chi connectivity index (χ4n) is 1.04. The molecule has 0 aliphatic carbocycles. The number of alkyl halides is 2. The molecule has 0 saturated carbocycles. The average molecular weight is 377 g/mol. The predicted molar refractivity (Wildman–Crippen MR) is 86.4 cm³/mol. The van der Waals surface area contributed by atoms with Crippen LogP contribution in [0.3, 0.4) is 0 Å². The molecular weight excluding hydrogens is 351 g/mol. The standard InChI is InChI=1S/C8H15ClO4.C6H11ClO3/c1-8(2,4-12-6-11-3)7(10)13-5-9;1-4(2)9-6(8)10-5(3)7/h4-6H2,1-3H3;4-5H,1-3H3. The first-order valence-electron chi connectivity index (χ1n) is 6.88. The normalized spacial score (nSPS) is 12.0. The molecule has 0 aliphatic heterocycles. The highest BCUT2D eigenvalue weighted by Crippen LogP contribution is 2.17. The Balaban J connectivity index is 0. The molecule has 0 aliphatic rings. The summed E-state index contributed by atoms with van der Waals surface area (Å²) in [7, 11) is 1.52. The third-order valence-corrected chi connectivity index (χ3v) is 2.19. The fraction of sp³-hybridized carbons (Fsp3) is 0.857. The van der Waals surface area contributed by atoms with E-state index in [0.717, 1.165) is 0 Å². The van der Waals surface area contributed by atoms with Crippen molar-refractivity contribution >= 4 is 35.3 Å². The summed E-state index contributed by atoms with van der Waals surface area (Å²) in [6.45, 7) is 8.87. The number of hydrogen-bond donors (Lipinski definition) is 0. The fourth-order valence-corrected chi connectivity index (χ4v) is 1.21. The molecule has 7 nitrogen and oxygen atoms in total. The van der Waals surface area contributed by atoms with E-state index in [1.165, 1.54) is 7.11 Å². The lowest BCUT2D eigenvalue weighted by molar-refractivity contribution is -0.158. The van der Waals surface area contributed by atoms with Gasteiger partial charge in [0.15, 0.2) is 11.6 Å². The van der Waals surface area contributed by atoms with Gasteiger partial charge in [0.25, 0.3) is 0 Å². The first-order chi connectivity index (χ1) is 10.6. The number of carbonyl (C=O) groups is 2. The molecule has 0 aromatic carbocycles. The lowest BCUT2D eigenvalue weighted by Crippen LogP contribution is -2.31. The second kappa shape index (κ2) is 13.7. The van der Waals surface area contributed by atoms with Crippen molar-refractivity contribution in [2.24, 2.45) is 5.41 Å². The molecule has 138 valence electrons. The minimum absolute atomic E-state index is 0.132. The molecule has 0 saturated heterocycles. The number of halogens is 2. The quantitative estimate of drug-likeness (QED) is 0.277. The molecule has 0 bridgehead atoms. The molecule has 0 heterocycles. The monoisotopic (exact) mass is 376 g/mol. The van der Waals surface area contributed by atoms with Gasteiger partial charge in [-0.05, 0) is 34.6 Å². The first kappa shape index (κ1) is 24.5. The highest BCUT2D eigenvalue weighted by Gasteiger charge is 2.29. The number of carbonyl (C=O) groups excluding carboxylic acids is 2. The highest BCUT2D eigenvalue weighted by atomic mass is 35.5. The van der Waals surface area contributed by atoms with Crippen LogP contribution in [0.4, 0.5) is 4.79 Å². The van der Waals surface area contributed by atoms with Crippen LogP contribution in [0.1, 0.15) is 34.6 Å². The Bertz CT molecular complexity index is 321. The van der Waals surface area contributed by atoms with Crippen molar-refractivity contribution in [3.8, 4) is 0 Å². The van der Waals surface area contributed by atoms with Gasteiger partial charge in [0, 0.05) is 7.11 Å². The second-order valence-electron chi connectivity index (χ2n) is 5.26. The number of methoxy groups -OCH3 is 1. The summed E-state index contributed by atoms with van der Waals surface area (Å²) in [5, 5.41) is 0. The number of hydrogen-bond acceptors (Lipinski definition) is 7. The second-order valence-corrected chi connectivity index (χ2v) is 6.09. The van der Waals surface area contributed by atoms with Crippen LogP contribution in [0.5, 0.6) is 0 Å². The maximum absolute atomic E-state index is 11.2. The van der Waals surface area contributed by atoms with E-state index in [4.69, 9.17) is 27.9 Å². The van der Waals surface area contributed by atoms with E-state index >= 15 is 0 Å². The lowest BCUT2D eigenvalue weighted by atomic mass is 9.95. The lowest BCUT2D eigenvalue weighted by Gasteiger charge is -2.21. The van der Waals surface area contributed by atoms with Crippen molar-refractivity contribution in [2.75, 3.05) is 26.6 Å². The van der Waals surface area contributed by atoms with Gasteiger partial charge in [-0.3, -0.25) is 4.79 Å². The van der Waals surface area contributed by atoms with E-state index in [2.05, 4.69) is 18.9 Å². The molecule has 0 amide bonds. The highest BCUT2D eigenvalue weighted by molar-refractivity contribution is 6.19. The van der Waals surface area contributed by atoms with Gasteiger partial charge in [0.2, 0.25) is 0 Å². The summed E-state index contributed by atoms with van der Waals surface area (Å²) in [6.07, 6.45) is -0.889. The SMILES string of the molecule is CC(C)OC(=O)OC(C)Cl.COCOCC(C)(C)C(=O)OCCl. The molecule has 0 fully saturated rings. The van der Waals surface area contributed by atoms with Gasteiger partial charge in [0.1, 0.15) is 6.79 Å². The summed E-state index contributed by atoms with van der Waals surface area (Å²) in [6, 6.07) is -0.132. The third kappa shape index (κ3) is 15.9. The smallest absolute Gasteiger partial charge is 0.449 e. The van der Waals surface area contributed by atoms with Crippen LogP contribution in [0.25, 0.3) is 0 Å². The predicted octanol–water partition coefficient (Wildman–Crippen LogP) is 3.51. The van der Waals surface area contributed by atoms with Crippen molar-refractivity contribution in [1.29, 1.82) is 0 Å². The van der Waals surface area contributed by atoms with Crippen LogP contribution in [-0.4, -0.2) is 50.4 Å². The van der Waals surface area contributed by atoms with Crippen molar-refractivity contribution < 1.29 is 33.3 Å². The Morgan fingerprint density at radius 3 is 2.09 bits per heavy atom. The molecule has 1 unspecified atom stereocenters. The molecule has 9 heteroatoms. The Hall–Kier alpha value is -0.760. The molecule has 0 aromatic heterocycles. The van der Waals surface area contributed by atoms with E-state index in [9.17, 15) is 9.59 Å². The van der Waals surface area contributed by atoms with Gasteiger partial charge >= 0.3 is 12.1 Å². The summed E-state index contributed by atoms with van der Waals surface area (Å²) < 4.78 is 23.4. The Morgan fingerprint density at radius 2 is 1.70 bits per heavy atom. The van der Waals surface area contributed by atoms with E-state index in [1.807, 2.05) is 0 Å². The summed E-state index contributed by atoms with van der Waals surface area (Å²) in [5.41, 5.74) is -1.32. The summed E-state index contributed by atoms with van der Waals surface area (Å²) in [5.74, 6) is -0.376. The van der Waals surface area contributed by atoms with Gasteiger partial charge < -0.3 is 23.7 Å². The number of rotatable bonds is 8. The zero-order chi connectivity index (χ0) is 18.5. The van der Waals surface area contributed by atoms with E-state index in [0.29, 0.717) is 0 Å². The Labute approximate surface area is 147 Å². The van der Waals surface area contributed by atoms with Gasteiger partial charge in [-0.2, -0.15) is 0 Å². The van der Waals surface area contributed by atoms with Crippen molar-refractivity contribution in [3.05, 3.63) is 0 Å². The van der Waals surface area contributed by atoms with Crippen molar-refractivity contribution in [2.45, 2.75) is 46.3 Å². The van der Waals surface area contributed by atoms with Crippen LogP contribution in [0.2, 0.25) is 0 Å². The first-order valence-corrected chi connectivity index (χ1v) is 7.85. The zero-order valence-corrected chi connectivity index (χ0v) is 15.9. The molecule has 0 spiro atoms.